The summed E-state index contributed by atoms with van der Waals surface area (Å²) in [7, 11) is 0. The summed E-state index contributed by atoms with van der Waals surface area (Å²) >= 11 is 12.3. The summed E-state index contributed by atoms with van der Waals surface area (Å²) < 4.78 is 11.9. The monoisotopic (exact) mass is 491 g/mol. The van der Waals surface area contributed by atoms with Crippen molar-refractivity contribution >= 4 is 57.9 Å². The first-order valence-electron chi connectivity index (χ1n) is 9.98. The SMILES string of the molecule is CCOc1cc(/C=C2\SC(=S)N([C@H](CC)C(=O)O)C2=O)ccc1OCc1ccc(Cl)cc1. The highest BCUT2D eigenvalue weighted by atomic mass is 35.5. The number of aliphatic carboxylic acids is 1. The Morgan fingerprint density at radius 3 is 2.53 bits per heavy atom. The van der Waals surface area contributed by atoms with E-state index >= 15 is 0 Å². The van der Waals surface area contributed by atoms with Crippen LogP contribution in [0.4, 0.5) is 0 Å². The second kappa shape index (κ2) is 10.8. The number of carbonyl (C=O) groups is 2. The number of hydrogen-bond acceptors (Lipinski definition) is 6. The third kappa shape index (κ3) is 5.62. The van der Waals surface area contributed by atoms with Crippen LogP contribution in [-0.2, 0) is 16.2 Å². The summed E-state index contributed by atoms with van der Waals surface area (Å²) in [4.78, 5) is 25.8. The third-order valence-electron chi connectivity index (χ3n) is 4.68. The molecule has 1 aliphatic heterocycles. The lowest BCUT2D eigenvalue weighted by Gasteiger charge is -2.21. The van der Waals surface area contributed by atoms with Crippen LogP contribution >= 0.6 is 35.6 Å². The van der Waals surface area contributed by atoms with Crippen LogP contribution in [0.15, 0.2) is 47.4 Å². The van der Waals surface area contributed by atoms with Gasteiger partial charge in [0.1, 0.15) is 17.0 Å². The van der Waals surface area contributed by atoms with Crippen molar-refractivity contribution in [3.05, 3.63) is 63.5 Å². The summed E-state index contributed by atoms with van der Waals surface area (Å²) in [6, 6.07) is 11.8. The van der Waals surface area contributed by atoms with Crippen molar-refractivity contribution < 1.29 is 24.2 Å². The van der Waals surface area contributed by atoms with Gasteiger partial charge in [0.25, 0.3) is 5.91 Å². The van der Waals surface area contributed by atoms with Crippen molar-refractivity contribution in [2.75, 3.05) is 6.61 Å². The second-order valence-corrected chi connectivity index (χ2v) is 8.98. The van der Waals surface area contributed by atoms with E-state index in [1.807, 2.05) is 19.1 Å². The lowest BCUT2D eigenvalue weighted by molar-refractivity contribution is -0.145. The van der Waals surface area contributed by atoms with Crippen LogP contribution < -0.4 is 9.47 Å². The molecule has 1 amide bonds. The van der Waals surface area contributed by atoms with Crippen molar-refractivity contribution in [2.24, 2.45) is 0 Å². The zero-order chi connectivity index (χ0) is 23.3. The fraction of sp³-hybridized carbons (Fsp3) is 0.261. The van der Waals surface area contributed by atoms with Gasteiger partial charge in [-0.3, -0.25) is 9.69 Å². The van der Waals surface area contributed by atoms with Crippen molar-refractivity contribution in [1.29, 1.82) is 0 Å². The van der Waals surface area contributed by atoms with Gasteiger partial charge in [0.05, 0.1) is 11.5 Å². The largest absolute Gasteiger partial charge is 0.490 e. The van der Waals surface area contributed by atoms with Crippen molar-refractivity contribution in [1.82, 2.24) is 4.90 Å². The van der Waals surface area contributed by atoms with Crippen LogP contribution in [0.3, 0.4) is 0 Å². The Kier molecular flexibility index (Phi) is 8.17. The summed E-state index contributed by atoms with van der Waals surface area (Å²) in [5.74, 6) is -0.368. The van der Waals surface area contributed by atoms with Gasteiger partial charge >= 0.3 is 5.97 Å². The van der Waals surface area contributed by atoms with Crippen LogP contribution in [0.5, 0.6) is 11.5 Å². The number of amides is 1. The number of carboxylic acids is 1. The molecule has 6 nitrogen and oxygen atoms in total. The average Bonchev–Trinajstić information content (AvgIpc) is 3.03. The number of thiocarbonyl (C=S) groups is 1. The number of halogens is 1. The summed E-state index contributed by atoms with van der Waals surface area (Å²) in [5.41, 5.74) is 1.68. The average molecular weight is 492 g/mol. The van der Waals surface area contributed by atoms with E-state index in [2.05, 4.69) is 0 Å². The van der Waals surface area contributed by atoms with E-state index < -0.39 is 17.9 Å². The predicted octanol–water partition coefficient (Wildman–Crippen LogP) is 5.38. The lowest BCUT2D eigenvalue weighted by Crippen LogP contribution is -2.43. The van der Waals surface area contributed by atoms with Gasteiger partial charge in [0.2, 0.25) is 0 Å². The van der Waals surface area contributed by atoms with Gasteiger partial charge < -0.3 is 14.6 Å². The molecule has 1 fully saturated rings. The van der Waals surface area contributed by atoms with E-state index in [9.17, 15) is 14.7 Å². The maximum atomic E-state index is 12.8. The molecule has 0 radical (unpaired) electrons. The van der Waals surface area contributed by atoms with Gasteiger partial charge in [-0.15, -0.1) is 0 Å². The first-order valence-corrected chi connectivity index (χ1v) is 11.6. The fourth-order valence-corrected chi connectivity index (χ4v) is 4.59. The minimum Gasteiger partial charge on any atom is -0.490 e. The molecule has 1 atom stereocenters. The Labute approximate surface area is 201 Å². The van der Waals surface area contributed by atoms with E-state index in [0.717, 1.165) is 22.9 Å². The molecule has 0 unspecified atom stereocenters. The Morgan fingerprint density at radius 1 is 1.19 bits per heavy atom. The number of rotatable bonds is 9. The molecule has 168 valence electrons. The highest BCUT2D eigenvalue weighted by Crippen LogP contribution is 2.36. The highest BCUT2D eigenvalue weighted by molar-refractivity contribution is 8.26. The van der Waals surface area contributed by atoms with Gasteiger partial charge in [-0.05, 0) is 54.8 Å². The number of hydrogen-bond donors (Lipinski definition) is 1. The van der Waals surface area contributed by atoms with Crippen molar-refractivity contribution in [2.45, 2.75) is 32.9 Å². The maximum absolute atomic E-state index is 12.8. The van der Waals surface area contributed by atoms with E-state index in [4.69, 9.17) is 33.3 Å². The fourth-order valence-electron chi connectivity index (χ4n) is 3.11. The van der Waals surface area contributed by atoms with Gasteiger partial charge in [0, 0.05) is 5.02 Å². The topological polar surface area (TPSA) is 76.1 Å². The molecular weight excluding hydrogens is 470 g/mol. The molecule has 1 N–H and O–H groups in total. The zero-order valence-corrected chi connectivity index (χ0v) is 19.9. The van der Waals surface area contributed by atoms with E-state index in [1.165, 1.54) is 4.90 Å². The van der Waals surface area contributed by atoms with Gasteiger partial charge in [-0.2, -0.15) is 0 Å². The molecule has 3 rings (SSSR count). The minimum atomic E-state index is -1.08. The molecule has 1 heterocycles. The quantitative estimate of drug-likeness (QED) is 0.372. The maximum Gasteiger partial charge on any atom is 0.326 e. The molecule has 1 aliphatic rings. The summed E-state index contributed by atoms with van der Waals surface area (Å²) in [5, 5.41) is 10.1. The number of carbonyl (C=O) groups excluding carboxylic acids is 1. The van der Waals surface area contributed by atoms with Crippen LogP contribution in [0, 0.1) is 0 Å². The van der Waals surface area contributed by atoms with E-state index in [-0.39, 0.29) is 10.7 Å². The standard InChI is InChI=1S/C23H22ClNO5S2/c1-3-17(22(27)28)25-21(26)20(32-23(25)31)12-15-7-10-18(19(11-15)29-4-2)30-13-14-5-8-16(24)9-6-14/h5-12,17H,3-4,13H2,1-2H3,(H,27,28)/b20-12-/t17-/m1/s1. The molecule has 1 saturated heterocycles. The zero-order valence-electron chi connectivity index (χ0n) is 17.5. The normalized spacial score (nSPS) is 15.8. The molecule has 32 heavy (non-hydrogen) atoms. The molecule has 0 saturated carbocycles. The molecule has 0 bridgehead atoms. The summed E-state index contributed by atoms with van der Waals surface area (Å²) in [6.07, 6.45) is 1.95. The number of thioether (sulfide) groups is 1. The number of ether oxygens (including phenoxy) is 2. The predicted molar refractivity (Wildman–Crippen MR) is 130 cm³/mol. The molecule has 2 aromatic rings. The number of carboxylic acid groups (broad SMARTS) is 1. The van der Waals surface area contributed by atoms with E-state index in [0.29, 0.717) is 34.6 Å². The van der Waals surface area contributed by atoms with Crippen LogP contribution in [-0.4, -0.2) is 38.9 Å². The summed E-state index contributed by atoms with van der Waals surface area (Å²) in [6.45, 7) is 4.37. The van der Waals surface area contributed by atoms with E-state index in [1.54, 1.807) is 43.3 Å². The first-order chi connectivity index (χ1) is 15.3. The van der Waals surface area contributed by atoms with Crippen molar-refractivity contribution in [3.8, 4) is 11.5 Å². The molecular formula is C23H22ClNO5S2. The van der Waals surface area contributed by atoms with Crippen LogP contribution in [0.2, 0.25) is 5.02 Å². The molecule has 0 spiro atoms. The Balaban J connectivity index is 1.81. The van der Waals surface area contributed by atoms with Crippen molar-refractivity contribution in [3.63, 3.8) is 0 Å². The van der Waals surface area contributed by atoms with Gasteiger partial charge in [-0.1, -0.05) is 60.7 Å². The molecule has 2 aromatic carbocycles. The number of benzene rings is 2. The Bertz CT molecular complexity index is 1050. The lowest BCUT2D eigenvalue weighted by atomic mass is 10.1. The van der Waals surface area contributed by atoms with Crippen LogP contribution in [0.1, 0.15) is 31.4 Å². The highest BCUT2D eigenvalue weighted by Gasteiger charge is 2.39. The van der Waals surface area contributed by atoms with Gasteiger partial charge in [-0.25, -0.2) is 4.79 Å². The second-order valence-electron chi connectivity index (χ2n) is 6.87. The molecule has 0 aromatic heterocycles. The third-order valence-corrected chi connectivity index (χ3v) is 6.26. The van der Waals surface area contributed by atoms with Crippen LogP contribution in [0.25, 0.3) is 6.08 Å². The first kappa shape index (κ1) is 24.1. The smallest absolute Gasteiger partial charge is 0.326 e. The molecule has 0 aliphatic carbocycles. The molecule has 9 heteroatoms. The Hall–Kier alpha value is -2.55. The van der Waals surface area contributed by atoms with Gasteiger partial charge in [0.15, 0.2) is 11.5 Å². The number of nitrogens with zero attached hydrogens (tertiary/aromatic N) is 1. The Morgan fingerprint density at radius 2 is 1.91 bits per heavy atom. The minimum absolute atomic E-state index is 0.239.